The number of benzene rings is 1. The zero-order valence-electron chi connectivity index (χ0n) is 11.0. The van der Waals surface area contributed by atoms with Gasteiger partial charge in [0.05, 0.1) is 12.3 Å². The molecule has 0 aliphatic heterocycles. The first-order valence-corrected chi connectivity index (χ1v) is 7.10. The fourth-order valence-corrected chi connectivity index (χ4v) is 2.77. The molecule has 102 valence electrons. The Labute approximate surface area is 120 Å². The number of rotatable bonds is 4. The van der Waals surface area contributed by atoms with E-state index in [2.05, 4.69) is 10.2 Å². The zero-order chi connectivity index (χ0) is 13.9. The van der Waals surface area contributed by atoms with Crippen molar-refractivity contribution in [3.63, 3.8) is 0 Å². The van der Waals surface area contributed by atoms with E-state index in [1.165, 1.54) is 11.8 Å². The quantitative estimate of drug-likeness (QED) is 0.747. The van der Waals surface area contributed by atoms with Gasteiger partial charge in [-0.15, -0.1) is 10.2 Å². The van der Waals surface area contributed by atoms with Gasteiger partial charge in [0.25, 0.3) is 0 Å². The van der Waals surface area contributed by atoms with Crippen LogP contribution in [0.3, 0.4) is 0 Å². The van der Waals surface area contributed by atoms with Crippen LogP contribution in [0.5, 0.6) is 5.75 Å². The summed E-state index contributed by atoms with van der Waals surface area (Å²) in [6.45, 7) is 2.53. The van der Waals surface area contributed by atoms with Gasteiger partial charge in [-0.25, -0.2) is 0 Å². The number of nitrogen functional groups attached to an aromatic ring is 1. The number of nitrogens with zero attached hydrogens (tertiary/aromatic N) is 3. The first-order valence-electron chi connectivity index (χ1n) is 6.28. The molecule has 0 aliphatic rings. The molecule has 0 unspecified atom stereocenters. The Balaban J connectivity index is 1.97. The van der Waals surface area contributed by atoms with E-state index in [1.54, 1.807) is 0 Å². The molecule has 5 nitrogen and oxygen atoms in total. The summed E-state index contributed by atoms with van der Waals surface area (Å²) in [5.74, 6) is 0.700. The molecular weight excluding hydrogens is 272 g/mol. The van der Waals surface area contributed by atoms with Crippen molar-refractivity contribution in [3.05, 3.63) is 42.6 Å². The van der Waals surface area contributed by atoms with Crippen LogP contribution in [-0.2, 0) is 0 Å². The minimum absolute atomic E-state index is 0.589. The fraction of sp³-hybridized carbons (Fsp3) is 0.143. The predicted molar refractivity (Wildman–Crippen MR) is 79.1 cm³/mol. The van der Waals surface area contributed by atoms with Crippen LogP contribution in [0, 0.1) is 0 Å². The minimum atomic E-state index is 0.589. The van der Waals surface area contributed by atoms with Crippen molar-refractivity contribution < 1.29 is 4.74 Å². The molecule has 0 spiro atoms. The molecule has 0 saturated carbocycles. The van der Waals surface area contributed by atoms with Crippen LogP contribution in [0.25, 0.3) is 5.65 Å². The molecule has 0 aliphatic carbocycles. The number of hydrogen-bond acceptors (Lipinski definition) is 5. The third kappa shape index (κ3) is 2.30. The van der Waals surface area contributed by atoms with Crippen LogP contribution in [0.2, 0.25) is 0 Å². The van der Waals surface area contributed by atoms with E-state index in [-0.39, 0.29) is 0 Å². The van der Waals surface area contributed by atoms with Gasteiger partial charge in [-0.1, -0.05) is 12.1 Å². The van der Waals surface area contributed by atoms with Gasteiger partial charge >= 0.3 is 0 Å². The van der Waals surface area contributed by atoms with E-state index in [0.29, 0.717) is 18.0 Å². The maximum absolute atomic E-state index is 6.13. The summed E-state index contributed by atoms with van der Waals surface area (Å²) in [5.41, 5.74) is 7.57. The van der Waals surface area contributed by atoms with Gasteiger partial charge in [0.2, 0.25) is 5.16 Å². The summed E-state index contributed by atoms with van der Waals surface area (Å²) in [5, 5.41) is 9.09. The molecule has 6 heteroatoms. The van der Waals surface area contributed by atoms with Crippen LogP contribution in [0.15, 0.2) is 52.6 Å². The van der Waals surface area contributed by atoms with Gasteiger partial charge in [-0.3, -0.25) is 4.40 Å². The topological polar surface area (TPSA) is 65.4 Å². The summed E-state index contributed by atoms with van der Waals surface area (Å²) in [7, 11) is 0. The van der Waals surface area contributed by atoms with Crippen molar-refractivity contribution in [1.29, 1.82) is 0 Å². The van der Waals surface area contributed by atoms with E-state index < -0.39 is 0 Å². The van der Waals surface area contributed by atoms with Crippen molar-refractivity contribution in [2.24, 2.45) is 0 Å². The molecule has 0 bridgehead atoms. The Morgan fingerprint density at radius 2 is 2.10 bits per heavy atom. The van der Waals surface area contributed by atoms with Gasteiger partial charge in [0.1, 0.15) is 5.75 Å². The first-order chi connectivity index (χ1) is 9.79. The van der Waals surface area contributed by atoms with Crippen LogP contribution in [-0.4, -0.2) is 21.2 Å². The predicted octanol–water partition coefficient (Wildman–Crippen LogP) is 2.86. The molecule has 0 fully saturated rings. The molecule has 1 aromatic carbocycles. The molecule has 2 heterocycles. The smallest absolute Gasteiger partial charge is 0.200 e. The third-order valence-electron chi connectivity index (χ3n) is 2.81. The number of fused-ring (bicyclic) bond motifs is 1. The summed E-state index contributed by atoms with van der Waals surface area (Å²) in [6, 6.07) is 11.5. The van der Waals surface area contributed by atoms with Crippen molar-refractivity contribution >= 4 is 23.1 Å². The summed E-state index contributed by atoms with van der Waals surface area (Å²) >= 11 is 1.47. The van der Waals surface area contributed by atoms with Gasteiger partial charge in [-0.2, -0.15) is 0 Å². The number of aromatic nitrogens is 3. The lowest BCUT2D eigenvalue weighted by molar-refractivity contribution is 0.341. The molecule has 3 rings (SSSR count). The van der Waals surface area contributed by atoms with Gasteiger partial charge in [-0.05, 0) is 43.0 Å². The highest BCUT2D eigenvalue weighted by Gasteiger charge is 2.11. The van der Waals surface area contributed by atoms with E-state index in [0.717, 1.165) is 15.7 Å². The van der Waals surface area contributed by atoms with E-state index >= 15 is 0 Å². The Bertz CT molecular complexity index is 741. The lowest BCUT2D eigenvalue weighted by Crippen LogP contribution is -1.98. The van der Waals surface area contributed by atoms with Gasteiger partial charge in [0, 0.05) is 11.1 Å². The van der Waals surface area contributed by atoms with Crippen molar-refractivity contribution in [2.75, 3.05) is 12.3 Å². The number of hydrogen-bond donors (Lipinski definition) is 1. The number of pyridine rings is 1. The largest absolute Gasteiger partial charge is 0.492 e. The Hall–Kier alpha value is -2.21. The van der Waals surface area contributed by atoms with Crippen molar-refractivity contribution in [1.82, 2.24) is 14.6 Å². The first kappa shape index (κ1) is 12.8. The summed E-state index contributed by atoms with van der Waals surface area (Å²) in [6.07, 6.45) is 1.93. The van der Waals surface area contributed by atoms with Crippen LogP contribution in [0.4, 0.5) is 5.69 Å². The lowest BCUT2D eigenvalue weighted by Gasteiger charge is -2.10. The highest BCUT2D eigenvalue weighted by atomic mass is 32.2. The second-order valence-corrected chi connectivity index (χ2v) is 5.12. The molecule has 2 aromatic heterocycles. The number of nitrogens with two attached hydrogens (primary N) is 1. The molecule has 0 atom stereocenters. The monoisotopic (exact) mass is 286 g/mol. The molecular formula is C14H14N4OS. The Kier molecular flexibility index (Phi) is 3.47. The minimum Gasteiger partial charge on any atom is -0.492 e. The highest BCUT2D eigenvalue weighted by molar-refractivity contribution is 7.99. The van der Waals surface area contributed by atoms with E-state index in [1.807, 2.05) is 53.9 Å². The maximum Gasteiger partial charge on any atom is 0.200 e. The van der Waals surface area contributed by atoms with Crippen molar-refractivity contribution in [2.45, 2.75) is 17.0 Å². The van der Waals surface area contributed by atoms with Gasteiger partial charge in [0.15, 0.2) is 5.65 Å². The highest BCUT2D eigenvalue weighted by Crippen LogP contribution is 2.36. The number of ether oxygens (including phenoxy) is 1. The van der Waals surface area contributed by atoms with Crippen LogP contribution >= 0.6 is 11.8 Å². The van der Waals surface area contributed by atoms with Crippen molar-refractivity contribution in [3.8, 4) is 5.75 Å². The standard InChI is InChI=1S/C14H14N4OS/c1-2-19-10-6-5-7-11(13(10)15)20-14-17-16-12-8-3-4-9-18(12)14/h3-9H,2,15H2,1H3. The number of para-hydroxylation sites is 1. The van der Waals surface area contributed by atoms with Gasteiger partial charge < -0.3 is 10.5 Å². The van der Waals surface area contributed by atoms with Crippen LogP contribution in [0.1, 0.15) is 6.92 Å². The summed E-state index contributed by atoms with van der Waals surface area (Å²) in [4.78, 5) is 0.911. The third-order valence-corrected chi connectivity index (χ3v) is 3.85. The Morgan fingerprint density at radius 3 is 2.95 bits per heavy atom. The average molecular weight is 286 g/mol. The molecule has 2 N–H and O–H groups in total. The molecule has 0 amide bonds. The van der Waals surface area contributed by atoms with E-state index in [4.69, 9.17) is 10.5 Å². The maximum atomic E-state index is 6.13. The molecule has 0 radical (unpaired) electrons. The van der Waals surface area contributed by atoms with E-state index in [9.17, 15) is 0 Å². The molecule has 3 aromatic rings. The summed E-state index contributed by atoms with van der Waals surface area (Å²) < 4.78 is 7.43. The average Bonchev–Trinajstić information content (AvgIpc) is 2.87. The number of anilines is 1. The lowest BCUT2D eigenvalue weighted by atomic mass is 10.3. The molecule has 0 saturated heterocycles. The SMILES string of the molecule is CCOc1cccc(Sc2nnc3ccccn23)c1N. The normalized spacial score (nSPS) is 10.8. The Morgan fingerprint density at radius 1 is 1.20 bits per heavy atom. The second-order valence-electron chi connectivity index (χ2n) is 4.11. The molecule has 20 heavy (non-hydrogen) atoms. The fourth-order valence-electron chi connectivity index (χ4n) is 1.88. The zero-order valence-corrected chi connectivity index (χ0v) is 11.8. The second kappa shape index (κ2) is 5.42. The van der Waals surface area contributed by atoms with Crippen LogP contribution < -0.4 is 10.5 Å².